The fourth-order valence-electron chi connectivity index (χ4n) is 2.85. The Bertz CT molecular complexity index is 274. The molecule has 1 saturated carbocycles. The van der Waals surface area contributed by atoms with E-state index in [2.05, 4.69) is 0 Å². The highest BCUT2D eigenvalue weighted by molar-refractivity contribution is 5.97. The predicted octanol–water partition coefficient (Wildman–Crippen LogP) is 3.07. The minimum atomic E-state index is 0.0538. The fourth-order valence-corrected chi connectivity index (χ4v) is 2.85. The van der Waals surface area contributed by atoms with Crippen LogP contribution in [0.5, 0.6) is 0 Å². The summed E-state index contributed by atoms with van der Waals surface area (Å²) in [6, 6.07) is 0. The summed E-state index contributed by atoms with van der Waals surface area (Å²) < 4.78 is 5.73. The molecule has 2 rings (SSSR count). The average Bonchev–Trinajstić information content (AvgIpc) is 2.27. The molecule has 0 unspecified atom stereocenters. The summed E-state index contributed by atoms with van der Waals surface area (Å²) in [6.45, 7) is 3.86. The van der Waals surface area contributed by atoms with Gasteiger partial charge in [0.1, 0.15) is 6.10 Å². The van der Waals surface area contributed by atoms with E-state index in [1.165, 1.54) is 32.1 Å². The molecule has 2 nitrogen and oxygen atoms in total. The normalized spacial score (nSPS) is 33.5. The number of hydrogen-bond donors (Lipinski definition) is 0. The van der Waals surface area contributed by atoms with E-state index in [0.717, 1.165) is 5.57 Å². The van der Waals surface area contributed by atoms with Gasteiger partial charge in [0.25, 0.3) is 0 Å². The topological polar surface area (TPSA) is 26.3 Å². The van der Waals surface area contributed by atoms with Crippen LogP contribution in [-0.2, 0) is 9.53 Å². The minimum Gasteiger partial charge on any atom is -0.497 e. The van der Waals surface area contributed by atoms with Gasteiger partial charge in [0.05, 0.1) is 12.2 Å². The first-order valence-corrected chi connectivity index (χ1v) is 6.06. The molecule has 0 radical (unpaired) electrons. The molecule has 2 aliphatic rings. The predicted molar refractivity (Wildman–Crippen MR) is 59.4 cm³/mol. The van der Waals surface area contributed by atoms with Crippen LogP contribution < -0.4 is 0 Å². The maximum atomic E-state index is 11.8. The number of rotatable bonds is 1. The molecule has 1 aliphatic carbocycles. The summed E-state index contributed by atoms with van der Waals surface area (Å²) in [5.41, 5.74) is 0.773. The zero-order chi connectivity index (χ0) is 10.8. The van der Waals surface area contributed by atoms with E-state index in [4.69, 9.17) is 4.74 Å². The van der Waals surface area contributed by atoms with Crippen molar-refractivity contribution in [3.05, 3.63) is 11.8 Å². The van der Waals surface area contributed by atoms with E-state index >= 15 is 0 Å². The number of allylic oxidation sites excluding steroid dienone is 1. The molecule has 1 fully saturated rings. The van der Waals surface area contributed by atoms with Gasteiger partial charge in [-0.2, -0.15) is 0 Å². The number of hydrogen-bond acceptors (Lipinski definition) is 2. The first-order chi connectivity index (χ1) is 7.20. The van der Waals surface area contributed by atoms with Crippen LogP contribution in [0, 0.1) is 11.8 Å². The van der Waals surface area contributed by atoms with Crippen LogP contribution in [0.15, 0.2) is 11.8 Å². The molecule has 2 atom stereocenters. The van der Waals surface area contributed by atoms with Crippen LogP contribution in [0.2, 0.25) is 0 Å². The summed E-state index contributed by atoms with van der Waals surface area (Å²) in [4.78, 5) is 11.8. The van der Waals surface area contributed by atoms with Gasteiger partial charge in [-0.25, -0.2) is 0 Å². The van der Waals surface area contributed by atoms with Crippen LogP contribution in [0.1, 0.15) is 46.0 Å². The summed E-state index contributed by atoms with van der Waals surface area (Å²) >= 11 is 0. The highest BCUT2D eigenvalue weighted by atomic mass is 16.5. The van der Waals surface area contributed by atoms with Gasteiger partial charge < -0.3 is 4.74 Å². The lowest BCUT2D eigenvalue weighted by Gasteiger charge is -2.35. The maximum absolute atomic E-state index is 11.8. The molecule has 2 heteroatoms. The highest BCUT2D eigenvalue weighted by Crippen LogP contribution is 2.34. The molecule has 0 spiro atoms. The third-order valence-corrected chi connectivity index (χ3v) is 3.81. The number of Topliss-reactive ketones (excluding diaryl/α,β-unsaturated/α-hetero) is 1. The van der Waals surface area contributed by atoms with E-state index in [9.17, 15) is 4.79 Å². The monoisotopic (exact) mass is 208 g/mol. The first-order valence-electron chi connectivity index (χ1n) is 6.06. The van der Waals surface area contributed by atoms with Gasteiger partial charge in [-0.15, -0.1) is 0 Å². The van der Waals surface area contributed by atoms with Crippen molar-refractivity contribution in [3.63, 3.8) is 0 Å². The van der Waals surface area contributed by atoms with Crippen LogP contribution in [0.3, 0.4) is 0 Å². The largest absolute Gasteiger partial charge is 0.497 e. The van der Waals surface area contributed by atoms with Crippen molar-refractivity contribution >= 4 is 5.78 Å². The lowest BCUT2D eigenvalue weighted by atomic mass is 9.78. The van der Waals surface area contributed by atoms with Gasteiger partial charge in [0, 0.05) is 5.57 Å². The van der Waals surface area contributed by atoms with Gasteiger partial charge in [-0.1, -0.05) is 26.2 Å². The van der Waals surface area contributed by atoms with Crippen LogP contribution in [-0.4, -0.2) is 11.9 Å². The lowest BCUT2D eigenvalue weighted by Crippen LogP contribution is -2.38. The molecule has 0 saturated heterocycles. The van der Waals surface area contributed by atoms with Crippen molar-refractivity contribution in [1.29, 1.82) is 0 Å². The maximum Gasteiger partial charge on any atom is 0.168 e. The Morgan fingerprint density at radius 1 is 1.27 bits per heavy atom. The van der Waals surface area contributed by atoms with E-state index in [0.29, 0.717) is 5.92 Å². The number of ether oxygens (including phenoxy) is 1. The van der Waals surface area contributed by atoms with Crippen LogP contribution >= 0.6 is 0 Å². The molecule has 15 heavy (non-hydrogen) atoms. The number of carbonyl (C=O) groups excluding carboxylic acids is 1. The summed E-state index contributed by atoms with van der Waals surface area (Å²) in [6.07, 6.45) is 8.22. The molecule has 1 aliphatic heterocycles. The molecule has 84 valence electrons. The van der Waals surface area contributed by atoms with Crippen molar-refractivity contribution in [1.82, 2.24) is 0 Å². The molecule has 0 aromatic carbocycles. The van der Waals surface area contributed by atoms with E-state index in [-0.39, 0.29) is 17.8 Å². The van der Waals surface area contributed by atoms with E-state index in [1.54, 1.807) is 6.26 Å². The second-order valence-corrected chi connectivity index (χ2v) is 4.95. The van der Waals surface area contributed by atoms with Crippen molar-refractivity contribution in [2.75, 3.05) is 0 Å². The fraction of sp³-hybridized carbons (Fsp3) is 0.769. The number of carbonyl (C=O) groups is 1. The molecule has 0 N–H and O–H groups in total. The quantitative estimate of drug-likeness (QED) is 0.662. The summed E-state index contributed by atoms with van der Waals surface area (Å²) in [5, 5.41) is 0. The van der Waals surface area contributed by atoms with Gasteiger partial charge >= 0.3 is 0 Å². The zero-order valence-corrected chi connectivity index (χ0v) is 9.66. The Labute approximate surface area is 91.7 Å². The Kier molecular flexibility index (Phi) is 3.13. The third-order valence-electron chi connectivity index (χ3n) is 3.81. The van der Waals surface area contributed by atoms with Crippen molar-refractivity contribution in [3.8, 4) is 0 Å². The van der Waals surface area contributed by atoms with Crippen molar-refractivity contribution < 1.29 is 9.53 Å². The SMILES string of the molecule is CC1=CO[C@@H](C2CCCCC2)[C@@H](C)C1=O. The van der Waals surface area contributed by atoms with Crippen LogP contribution in [0.4, 0.5) is 0 Å². The lowest BCUT2D eigenvalue weighted by molar-refractivity contribution is -0.126. The second-order valence-electron chi connectivity index (χ2n) is 4.95. The summed E-state index contributed by atoms with van der Waals surface area (Å²) in [7, 11) is 0. The zero-order valence-electron chi connectivity index (χ0n) is 9.66. The molecule has 0 amide bonds. The molecule has 0 aromatic rings. The Hall–Kier alpha value is -0.790. The highest BCUT2D eigenvalue weighted by Gasteiger charge is 2.35. The molecular weight excluding hydrogens is 188 g/mol. The van der Waals surface area contributed by atoms with Gasteiger partial charge in [0.2, 0.25) is 0 Å². The first kappa shape index (κ1) is 10.7. The Morgan fingerprint density at radius 2 is 1.93 bits per heavy atom. The van der Waals surface area contributed by atoms with E-state index in [1.807, 2.05) is 13.8 Å². The van der Waals surface area contributed by atoms with Crippen molar-refractivity contribution in [2.45, 2.75) is 52.1 Å². The van der Waals surface area contributed by atoms with E-state index < -0.39 is 0 Å². The van der Waals surface area contributed by atoms with Crippen molar-refractivity contribution in [2.24, 2.45) is 11.8 Å². The second kappa shape index (κ2) is 4.38. The average molecular weight is 208 g/mol. The Morgan fingerprint density at radius 3 is 2.60 bits per heavy atom. The molecule has 1 heterocycles. The standard InChI is InChI=1S/C13H20O2/c1-9-8-15-13(10(2)12(9)14)11-6-4-3-5-7-11/h8,10-11,13H,3-7H2,1-2H3/t10-,13+/m0/s1. The third kappa shape index (κ3) is 2.09. The smallest absolute Gasteiger partial charge is 0.168 e. The van der Waals surface area contributed by atoms with Gasteiger partial charge in [-0.05, 0) is 25.7 Å². The van der Waals surface area contributed by atoms with Gasteiger partial charge in [0.15, 0.2) is 5.78 Å². The molecule has 0 bridgehead atoms. The molecular formula is C13H20O2. The molecule has 0 aromatic heterocycles. The Balaban J connectivity index is 2.06. The number of ketones is 1. The minimum absolute atomic E-state index is 0.0538. The van der Waals surface area contributed by atoms with Crippen LogP contribution in [0.25, 0.3) is 0 Å². The summed E-state index contributed by atoms with van der Waals surface area (Å²) in [5.74, 6) is 0.928. The van der Waals surface area contributed by atoms with Gasteiger partial charge in [-0.3, -0.25) is 4.79 Å².